The first kappa shape index (κ1) is 16.6. The number of carbonyl (C=O) groups excluding carboxylic acids is 2. The van der Waals surface area contributed by atoms with Crippen molar-refractivity contribution in [2.24, 2.45) is 5.92 Å². The van der Waals surface area contributed by atoms with Crippen LogP contribution in [0.25, 0.3) is 0 Å². The van der Waals surface area contributed by atoms with E-state index in [4.69, 9.17) is 4.74 Å². The minimum atomic E-state index is -1.01. The first-order valence-electron chi connectivity index (χ1n) is 7.82. The van der Waals surface area contributed by atoms with Gasteiger partial charge >= 0.3 is 5.97 Å². The number of rotatable bonds is 3. The summed E-state index contributed by atoms with van der Waals surface area (Å²) >= 11 is 1.42. The molecule has 3 rings (SSSR count). The fourth-order valence-corrected chi connectivity index (χ4v) is 5.16. The molecule has 0 radical (unpaired) electrons. The highest BCUT2D eigenvalue weighted by Gasteiger charge is 2.64. The summed E-state index contributed by atoms with van der Waals surface area (Å²) in [7, 11) is 0. The van der Waals surface area contributed by atoms with E-state index in [0.29, 0.717) is 12.3 Å². The Morgan fingerprint density at radius 2 is 2.04 bits per heavy atom. The standard InChI is InChI=1S/C15H22N2O5S/c1-6-5-8(22-7(6)2)11(18)16-9-12(19)17-10(14(20)21)15(3,4)23-13(9)17/h6-10,13H,5H2,1-4H3,(H,16,18)(H,20,21)/t6?,7?,8?,9-,10+,13-/m1/s1. The highest BCUT2D eigenvalue weighted by molar-refractivity contribution is 8.01. The van der Waals surface area contributed by atoms with E-state index >= 15 is 0 Å². The molecule has 2 N–H and O–H groups in total. The van der Waals surface area contributed by atoms with Crippen LogP contribution in [0.2, 0.25) is 0 Å². The number of carboxylic acid groups (broad SMARTS) is 1. The zero-order valence-electron chi connectivity index (χ0n) is 13.6. The Morgan fingerprint density at radius 3 is 2.57 bits per heavy atom. The Bertz CT molecular complexity index is 556. The summed E-state index contributed by atoms with van der Waals surface area (Å²) in [6, 6.07) is -1.52. The minimum Gasteiger partial charge on any atom is -0.480 e. The van der Waals surface area contributed by atoms with Gasteiger partial charge in [-0.05, 0) is 33.1 Å². The predicted molar refractivity (Wildman–Crippen MR) is 83.8 cm³/mol. The second-order valence-corrected chi connectivity index (χ2v) is 8.90. The van der Waals surface area contributed by atoms with Gasteiger partial charge < -0.3 is 20.1 Å². The third-order valence-electron chi connectivity index (χ3n) is 5.03. The van der Waals surface area contributed by atoms with Gasteiger partial charge in [-0.25, -0.2) is 4.79 Å². The predicted octanol–water partition coefficient (Wildman–Crippen LogP) is 0.432. The molecule has 6 atom stereocenters. The molecule has 0 spiro atoms. The smallest absolute Gasteiger partial charge is 0.327 e. The minimum absolute atomic E-state index is 0.0236. The second kappa shape index (κ2) is 5.37. The first-order chi connectivity index (χ1) is 10.6. The number of thioether (sulfide) groups is 1. The van der Waals surface area contributed by atoms with Crippen LogP contribution < -0.4 is 5.32 Å². The van der Waals surface area contributed by atoms with E-state index in [2.05, 4.69) is 5.32 Å². The molecular weight excluding hydrogens is 320 g/mol. The molecule has 3 aliphatic heterocycles. The van der Waals surface area contributed by atoms with Gasteiger partial charge in [-0.15, -0.1) is 11.8 Å². The summed E-state index contributed by atoms with van der Waals surface area (Å²) in [5.41, 5.74) is 0. The zero-order chi connectivity index (χ0) is 17.1. The summed E-state index contributed by atoms with van der Waals surface area (Å²) in [5.74, 6) is -1.32. The summed E-state index contributed by atoms with van der Waals surface area (Å²) < 4.78 is 5.03. The fourth-order valence-electron chi connectivity index (χ4n) is 3.54. The lowest BCUT2D eigenvalue weighted by Crippen LogP contribution is -2.71. The Kier molecular flexibility index (Phi) is 3.87. The first-order valence-corrected chi connectivity index (χ1v) is 8.70. The van der Waals surface area contributed by atoms with Crippen LogP contribution in [0.4, 0.5) is 0 Å². The lowest BCUT2D eigenvalue weighted by Gasteiger charge is -2.43. The average Bonchev–Trinajstić information content (AvgIpc) is 2.91. The van der Waals surface area contributed by atoms with Crippen molar-refractivity contribution in [1.82, 2.24) is 10.2 Å². The van der Waals surface area contributed by atoms with Crippen LogP contribution in [0.5, 0.6) is 0 Å². The fraction of sp³-hybridized carbons (Fsp3) is 0.800. The van der Waals surface area contributed by atoms with Crippen molar-refractivity contribution >= 4 is 29.5 Å². The van der Waals surface area contributed by atoms with E-state index in [0.717, 1.165) is 0 Å². The van der Waals surface area contributed by atoms with Gasteiger partial charge in [0.05, 0.1) is 6.10 Å². The largest absolute Gasteiger partial charge is 0.480 e. The molecule has 128 valence electrons. The Balaban J connectivity index is 1.67. The SMILES string of the molecule is CC1CC(C(=O)N[C@@H]2C(=O)N3[C@@H]2SC(C)(C)[C@@H]3C(=O)O)OC1C. The van der Waals surface area contributed by atoms with E-state index in [9.17, 15) is 19.5 Å². The maximum Gasteiger partial charge on any atom is 0.327 e. The molecule has 8 heteroatoms. The van der Waals surface area contributed by atoms with E-state index in [1.807, 2.05) is 27.7 Å². The van der Waals surface area contributed by atoms with Crippen molar-refractivity contribution in [1.29, 1.82) is 0 Å². The number of aliphatic carboxylic acids is 1. The average molecular weight is 342 g/mol. The highest BCUT2D eigenvalue weighted by Crippen LogP contribution is 2.50. The molecular formula is C15H22N2O5S. The number of carboxylic acids is 1. The lowest BCUT2D eigenvalue weighted by atomic mass is 9.95. The van der Waals surface area contributed by atoms with Crippen molar-refractivity contribution in [2.75, 3.05) is 0 Å². The monoisotopic (exact) mass is 342 g/mol. The molecule has 3 saturated heterocycles. The van der Waals surface area contributed by atoms with Gasteiger partial charge in [-0.3, -0.25) is 9.59 Å². The van der Waals surface area contributed by atoms with Crippen molar-refractivity contribution in [3.63, 3.8) is 0 Å². The van der Waals surface area contributed by atoms with Crippen LogP contribution in [0, 0.1) is 5.92 Å². The Hall–Kier alpha value is -1.28. The maximum absolute atomic E-state index is 12.3. The Labute approximate surface area is 139 Å². The third-order valence-corrected chi connectivity index (χ3v) is 6.60. The molecule has 23 heavy (non-hydrogen) atoms. The molecule has 0 bridgehead atoms. The van der Waals surface area contributed by atoms with Gasteiger partial charge in [-0.2, -0.15) is 0 Å². The molecule has 3 fully saturated rings. The third kappa shape index (κ3) is 2.52. The second-order valence-electron chi connectivity index (χ2n) is 7.13. The topological polar surface area (TPSA) is 95.9 Å². The van der Waals surface area contributed by atoms with E-state index in [1.165, 1.54) is 16.7 Å². The number of ether oxygens (including phenoxy) is 1. The van der Waals surface area contributed by atoms with Gasteiger partial charge in [0.15, 0.2) is 0 Å². The van der Waals surface area contributed by atoms with Gasteiger partial charge in [0.2, 0.25) is 11.8 Å². The number of hydrogen-bond donors (Lipinski definition) is 2. The van der Waals surface area contributed by atoms with Crippen LogP contribution in [0.1, 0.15) is 34.1 Å². The summed E-state index contributed by atoms with van der Waals surface area (Å²) in [6.07, 6.45) is 0.130. The number of amides is 2. The van der Waals surface area contributed by atoms with Crippen LogP contribution in [-0.4, -0.2) is 62.2 Å². The van der Waals surface area contributed by atoms with Crippen molar-refractivity contribution < 1.29 is 24.2 Å². The van der Waals surface area contributed by atoms with Gasteiger partial charge in [0.1, 0.15) is 23.6 Å². The normalized spacial score (nSPS) is 41.4. The number of hydrogen-bond acceptors (Lipinski definition) is 5. The summed E-state index contributed by atoms with van der Waals surface area (Å²) in [4.78, 5) is 37.5. The molecule has 0 aliphatic carbocycles. The van der Waals surface area contributed by atoms with Crippen molar-refractivity contribution in [3.8, 4) is 0 Å². The van der Waals surface area contributed by atoms with Crippen LogP contribution >= 0.6 is 11.8 Å². The molecule has 0 saturated carbocycles. The number of nitrogens with one attached hydrogen (secondary N) is 1. The zero-order valence-corrected chi connectivity index (χ0v) is 14.4. The van der Waals surface area contributed by atoms with Gasteiger partial charge in [0, 0.05) is 4.75 Å². The van der Waals surface area contributed by atoms with Crippen LogP contribution in [0.15, 0.2) is 0 Å². The number of nitrogens with zero attached hydrogens (tertiary/aromatic N) is 1. The lowest BCUT2D eigenvalue weighted by molar-refractivity contribution is -0.161. The molecule has 7 nitrogen and oxygen atoms in total. The number of fused-ring (bicyclic) bond motifs is 1. The quantitative estimate of drug-likeness (QED) is 0.722. The summed E-state index contributed by atoms with van der Waals surface area (Å²) in [6.45, 7) is 7.58. The van der Waals surface area contributed by atoms with E-state index in [-0.39, 0.29) is 23.3 Å². The van der Waals surface area contributed by atoms with Crippen molar-refractivity contribution in [3.05, 3.63) is 0 Å². The molecule has 3 unspecified atom stereocenters. The molecule has 0 aromatic heterocycles. The van der Waals surface area contributed by atoms with Gasteiger partial charge in [-0.1, -0.05) is 6.92 Å². The Morgan fingerprint density at radius 1 is 1.39 bits per heavy atom. The van der Waals surface area contributed by atoms with Crippen molar-refractivity contribution in [2.45, 2.75) is 68.5 Å². The molecule has 3 aliphatic rings. The molecule has 2 amide bonds. The number of carbonyl (C=O) groups is 3. The maximum atomic E-state index is 12.3. The van der Waals surface area contributed by atoms with E-state index in [1.54, 1.807) is 0 Å². The van der Waals surface area contributed by atoms with Gasteiger partial charge in [0.25, 0.3) is 0 Å². The number of β-lactam (4-membered cyclic amide) rings is 1. The summed E-state index contributed by atoms with van der Waals surface area (Å²) in [5, 5.41) is 11.8. The molecule has 3 heterocycles. The van der Waals surface area contributed by atoms with Crippen LogP contribution in [0.3, 0.4) is 0 Å². The van der Waals surface area contributed by atoms with Crippen LogP contribution in [-0.2, 0) is 19.1 Å². The molecule has 0 aromatic rings. The van der Waals surface area contributed by atoms with E-state index < -0.39 is 28.9 Å². The molecule has 0 aromatic carbocycles. The highest BCUT2D eigenvalue weighted by atomic mass is 32.2.